The summed E-state index contributed by atoms with van der Waals surface area (Å²) in [5, 5.41) is 0.859. The van der Waals surface area contributed by atoms with Crippen LogP contribution in [0.2, 0.25) is 0 Å². The Morgan fingerprint density at radius 2 is 1.84 bits per heavy atom. The molecule has 162 valence electrons. The molecular weight excluding hydrogens is 428 g/mol. The van der Waals surface area contributed by atoms with Crippen LogP contribution in [0.15, 0.2) is 90.1 Å². The van der Waals surface area contributed by atoms with Crippen LogP contribution >= 0.6 is 0 Å². The largest absolute Gasteiger partial charge is 0.459 e. The maximum Gasteiger partial charge on any atom is 0.235 e. The summed E-state index contributed by atoms with van der Waals surface area (Å²) < 4.78 is 36.3. The van der Waals surface area contributed by atoms with E-state index in [9.17, 15) is 8.42 Å². The first-order chi connectivity index (χ1) is 15.5. The molecule has 8 nitrogen and oxygen atoms in total. The molecule has 5 rings (SSSR count). The number of aromatic nitrogens is 3. The quantitative estimate of drug-likeness (QED) is 0.445. The van der Waals surface area contributed by atoms with Crippen LogP contribution in [0.1, 0.15) is 5.56 Å². The minimum absolute atomic E-state index is 0.145. The second-order valence-electron chi connectivity index (χ2n) is 7.36. The van der Waals surface area contributed by atoms with Gasteiger partial charge in [-0.05, 0) is 35.9 Å². The number of rotatable bonds is 6. The average molecular weight is 449 g/mol. The van der Waals surface area contributed by atoms with Crippen LogP contribution in [0.4, 0.5) is 5.95 Å². The van der Waals surface area contributed by atoms with Gasteiger partial charge in [-0.25, -0.2) is 13.4 Å². The van der Waals surface area contributed by atoms with E-state index in [1.165, 1.54) is 6.26 Å². The lowest BCUT2D eigenvalue weighted by molar-refractivity contribution is 0.0780. The number of sulfone groups is 1. The van der Waals surface area contributed by atoms with Crippen LogP contribution in [0, 0.1) is 0 Å². The summed E-state index contributed by atoms with van der Waals surface area (Å²) >= 11 is 0. The lowest BCUT2D eigenvalue weighted by atomic mass is 10.2. The van der Waals surface area contributed by atoms with Gasteiger partial charge in [0.05, 0.1) is 11.4 Å². The first kappa shape index (κ1) is 20.1. The molecule has 0 atom stereocenters. The second kappa shape index (κ2) is 8.01. The highest BCUT2D eigenvalue weighted by atomic mass is 32.2. The van der Waals surface area contributed by atoms with Crippen LogP contribution in [-0.4, -0.2) is 36.0 Å². The lowest BCUT2D eigenvalue weighted by Crippen LogP contribution is -2.24. The van der Waals surface area contributed by atoms with Gasteiger partial charge in [-0.2, -0.15) is 4.98 Å². The van der Waals surface area contributed by atoms with E-state index in [4.69, 9.17) is 14.5 Å². The van der Waals surface area contributed by atoms with Gasteiger partial charge in [0.25, 0.3) is 0 Å². The van der Waals surface area contributed by atoms with E-state index in [0.717, 1.165) is 16.6 Å². The Balaban J connectivity index is 1.55. The molecule has 0 bridgehead atoms. The Morgan fingerprint density at radius 1 is 1.06 bits per heavy atom. The molecule has 2 aromatic heterocycles. The Morgan fingerprint density at radius 3 is 2.53 bits per heavy atom. The Hall–Kier alpha value is -3.85. The molecule has 0 aliphatic carbocycles. The molecule has 0 saturated heterocycles. The molecule has 0 spiro atoms. The van der Waals surface area contributed by atoms with E-state index in [1.54, 1.807) is 36.7 Å². The van der Waals surface area contributed by atoms with E-state index in [-0.39, 0.29) is 11.7 Å². The number of fused-ring (bicyclic) bond motifs is 1. The molecular formula is C23H20N4O4S. The third-order valence-corrected chi connectivity index (χ3v) is 6.24. The van der Waals surface area contributed by atoms with Crippen LogP contribution in [0.5, 0.6) is 0 Å². The average Bonchev–Trinajstić information content (AvgIpc) is 3.47. The molecule has 32 heavy (non-hydrogen) atoms. The lowest BCUT2D eigenvalue weighted by Gasteiger charge is -2.22. The Labute approximate surface area is 185 Å². The van der Waals surface area contributed by atoms with Crippen molar-refractivity contribution in [3.63, 3.8) is 0 Å². The highest BCUT2D eigenvalue weighted by molar-refractivity contribution is 7.90. The molecule has 0 N–H and O–H groups in total. The fraction of sp³-hybridized carbons (Fsp3) is 0.130. The predicted molar refractivity (Wildman–Crippen MR) is 120 cm³/mol. The van der Waals surface area contributed by atoms with Gasteiger partial charge < -0.3 is 14.0 Å². The number of hydrogen-bond donors (Lipinski definition) is 0. The summed E-state index contributed by atoms with van der Waals surface area (Å²) in [5.74, 6) is 0.995. The van der Waals surface area contributed by atoms with Gasteiger partial charge in [0.2, 0.25) is 18.6 Å². The van der Waals surface area contributed by atoms with Crippen molar-refractivity contribution in [1.82, 2.24) is 14.5 Å². The molecule has 2 aromatic carbocycles. The molecule has 0 fully saturated rings. The number of ether oxygens (including phenoxy) is 2. The maximum atomic E-state index is 11.8. The zero-order valence-corrected chi connectivity index (χ0v) is 18.1. The number of nitrogens with zero attached hydrogens (tertiary/aromatic N) is 4. The monoisotopic (exact) mass is 448 g/mol. The standard InChI is InChI=1S/C23H20N4O4S/c1-32(28,29)20-9-7-19(8-10-20)26-12-11-18-13-24-23(25-22(18)26)27(21-15-30-16-31-21)14-17-5-3-2-4-6-17/h2-13,15H,14,16H2,1H3. The number of benzene rings is 2. The van der Waals surface area contributed by atoms with Crippen molar-refractivity contribution in [3.8, 4) is 5.69 Å². The zero-order chi connectivity index (χ0) is 22.1. The predicted octanol–water partition coefficient (Wildman–Crippen LogP) is 3.63. The van der Waals surface area contributed by atoms with Crippen molar-refractivity contribution in [1.29, 1.82) is 0 Å². The number of anilines is 1. The highest BCUT2D eigenvalue weighted by Crippen LogP contribution is 2.26. The molecule has 3 heterocycles. The minimum atomic E-state index is -3.26. The SMILES string of the molecule is CS(=O)(=O)c1ccc(-n2ccc3cnc(N(Cc4ccccc4)C4=COCO4)nc32)cc1. The molecule has 0 radical (unpaired) electrons. The van der Waals surface area contributed by atoms with E-state index in [0.29, 0.717) is 24.0 Å². The van der Waals surface area contributed by atoms with Crippen LogP contribution in [-0.2, 0) is 25.9 Å². The molecule has 0 saturated carbocycles. The summed E-state index contributed by atoms with van der Waals surface area (Å²) in [6, 6.07) is 18.6. The summed E-state index contributed by atoms with van der Waals surface area (Å²) in [6.45, 7) is 0.650. The highest BCUT2D eigenvalue weighted by Gasteiger charge is 2.22. The first-order valence-electron chi connectivity index (χ1n) is 9.90. The molecule has 9 heteroatoms. The Bertz CT molecular complexity index is 1400. The van der Waals surface area contributed by atoms with E-state index >= 15 is 0 Å². The van der Waals surface area contributed by atoms with Crippen molar-refractivity contribution >= 4 is 26.8 Å². The van der Waals surface area contributed by atoms with Crippen molar-refractivity contribution in [2.75, 3.05) is 17.9 Å². The summed E-state index contributed by atoms with van der Waals surface area (Å²) in [7, 11) is -3.26. The van der Waals surface area contributed by atoms with Gasteiger partial charge in [0.1, 0.15) is 11.9 Å². The molecule has 0 unspecified atom stereocenters. The molecule has 1 aliphatic rings. The van der Waals surface area contributed by atoms with Gasteiger partial charge in [-0.15, -0.1) is 0 Å². The summed E-state index contributed by atoms with van der Waals surface area (Å²) in [6.07, 6.45) is 6.39. The van der Waals surface area contributed by atoms with Crippen molar-refractivity contribution in [2.24, 2.45) is 0 Å². The normalized spacial score (nSPS) is 13.5. The van der Waals surface area contributed by atoms with Crippen LogP contribution in [0.3, 0.4) is 0 Å². The van der Waals surface area contributed by atoms with Crippen molar-refractivity contribution < 1.29 is 17.9 Å². The van der Waals surface area contributed by atoms with Crippen LogP contribution < -0.4 is 4.90 Å². The summed E-state index contributed by atoms with van der Waals surface area (Å²) in [5.41, 5.74) is 2.56. The third-order valence-electron chi connectivity index (χ3n) is 5.11. The smallest absolute Gasteiger partial charge is 0.235 e. The fourth-order valence-corrected chi connectivity index (χ4v) is 4.12. The van der Waals surface area contributed by atoms with Gasteiger partial charge in [0, 0.05) is 29.7 Å². The number of hydrogen-bond acceptors (Lipinski definition) is 7. The molecule has 1 aliphatic heterocycles. The maximum absolute atomic E-state index is 11.8. The second-order valence-corrected chi connectivity index (χ2v) is 9.37. The van der Waals surface area contributed by atoms with Gasteiger partial charge in [-0.1, -0.05) is 30.3 Å². The van der Waals surface area contributed by atoms with E-state index in [1.807, 2.05) is 52.1 Å². The Kier molecular flexibility index (Phi) is 5.02. The molecule has 4 aromatic rings. The van der Waals surface area contributed by atoms with E-state index < -0.39 is 9.84 Å². The first-order valence-corrected chi connectivity index (χ1v) is 11.8. The minimum Gasteiger partial charge on any atom is -0.459 e. The van der Waals surface area contributed by atoms with Gasteiger partial charge >= 0.3 is 0 Å². The third kappa shape index (κ3) is 3.90. The topological polar surface area (TPSA) is 86.6 Å². The van der Waals surface area contributed by atoms with Crippen molar-refractivity contribution in [2.45, 2.75) is 11.4 Å². The fourth-order valence-electron chi connectivity index (χ4n) is 3.49. The zero-order valence-electron chi connectivity index (χ0n) is 17.2. The van der Waals surface area contributed by atoms with Crippen LogP contribution in [0.25, 0.3) is 16.7 Å². The van der Waals surface area contributed by atoms with Gasteiger partial charge in [0.15, 0.2) is 9.84 Å². The van der Waals surface area contributed by atoms with Crippen molar-refractivity contribution in [3.05, 3.63) is 90.8 Å². The van der Waals surface area contributed by atoms with Gasteiger partial charge in [-0.3, -0.25) is 4.90 Å². The van der Waals surface area contributed by atoms with E-state index in [2.05, 4.69) is 4.98 Å². The molecule has 0 amide bonds. The summed E-state index contributed by atoms with van der Waals surface area (Å²) in [4.78, 5) is 11.5.